The summed E-state index contributed by atoms with van der Waals surface area (Å²) in [7, 11) is 1.39. The van der Waals surface area contributed by atoms with Gasteiger partial charge in [0, 0.05) is 19.9 Å². The van der Waals surface area contributed by atoms with Gasteiger partial charge in [-0.1, -0.05) is 18.2 Å². The molecule has 1 aromatic carbocycles. The number of methoxy groups -OCH3 is 1. The highest BCUT2D eigenvalue weighted by molar-refractivity contribution is 5.95. The van der Waals surface area contributed by atoms with E-state index in [0.29, 0.717) is 11.1 Å². The van der Waals surface area contributed by atoms with E-state index in [1.165, 1.54) is 37.6 Å². The number of benzene rings is 1. The summed E-state index contributed by atoms with van der Waals surface area (Å²) in [4.78, 5) is 48.6. The van der Waals surface area contributed by atoms with Crippen molar-refractivity contribution in [2.24, 2.45) is 0 Å². The first-order valence-electron chi connectivity index (χ1n) is 10.2. The molecule has 4 N–H and O–H groups in total. The van der Waals surface area contributed by atoms with Crippen LogP contribution in [0.4, 0.5) is 4.39 Å². The summed E-state index contributed by atoms with van der Waals surface area (Å²) in [5.74, 6) is -2.79. The third-order valence-electron chi connectivity index (χ3n) is 5.05. The zero-order chi connectivity index (χ0) is 24.9. The Bertz CT molecular complexity index is 1260. The maximum Gasteiger partial charge on any atom is 0.294 e. The average Bonchev–Trinajstić information content (AvgIpc) is 2.80. The molecule has 11 heteroatoms. The number of halogens is 1. The summed E-state index contributed by atoms with van der Waals surface area (Å²) >= 11 is 0. The van der Waals surface area contributed by atoms with Crippen LogP contribution < -0.4 is 16.2 Å². The number of nitrogens with zero attached hydrogens (tertiary/aromatic N) is 2. The van der Waals surface area contributed by atoms with Gasteiger partial charge in [-0.15, -0.1) is 0 Å². The predicted molar refractivity (Wildman–Crippen MR) is 120 cm³/mol. The van der Waals surface area contributed by atoms with Gasteiger partial charge in [0.2, 0.25) is 5.75 Å². The van der Waals surface area contributed by atoms with Crippen LogP contribution in [0.3, 0.4) is 0 Å². The molecule has 0 bridgehead atoms. The Hall–Kier alpha value is -4.12. The van der Waals surface area contributed by atoms with Crippen molar-refractivity contribution >= 4 is 11.8 Å². The lowest BCUT2D eigenvalue weighted by Crippen LogP contribution is -2.49. The fourth-order valence-corrected chi connectivity index (χ4v) is 3.24. The minimum absolute atomic E-state index is 0.00734. The van der Waals surface area contributed by atoms with Crippen molar-refractivity contribution in [3.8, 4) is 5.75 Å². The molecule has 0 aliphatic heterocycles. The van der Waals surface area contributed by atoms with E-state index in [9.17, 15) is 23.9 Å². The number of H-pyrrole nitrogens is 1. The maximum absolute atomic E-state index is 13.1. The number of aryl methyl sites for hydroxylation is 1. The Morgan fingerprint density at radius 3 is 2.53 bits per heavy atom. The minimum atomic E-state index is -1.38. The molecule has 2 aromatic heterocycles. The summed E-state index contributed by atoms with van der Waals surface area (Å²) < 4.78 is 18.3. The van der Waals surface area contributed by atoms with Crippen molar-refractivity contribution in [1.82, 2.24) is 25.6 Å². The van der Waals surface area contributed by atoms with Crippen LogP contribution >= 0.6 is 0 Å². The number of hydrogen-bond donors (Lipinski definition) is 4. The lowest BCUT2D eigenvalue weighted by Gasteiger charge is -2.29. The second-order valence-corrected chi connectivity index (χ2v) is 7.81. The molecule has 34 heavy (non-hydrogen) atoms. The number of carbonyl (C=O) groups is 2. The number of nitrogens with one attached hydrogen (secondary N) is 3. The highest BCUT2D eigenvalue weighted by atomic mass is 19.1. The molecular weight excluding hydrogens is 445 g/mol. The van der Waals surface area contributed by atoms with Gasteiger partial charge < -0.3 is 25.5 Å². The first-order valence-corrected chi connectivity index (χ1v) is 10.2. The Labute approximate surface area is 194 Å². The van der Waals surface area contributed by atoms with Gasteiger partial charge in [0.1, 0.15) is 22.9 Å². The Balaban J connectivity index is 1.91. The molecule has 10 nitrogen and oxygen atoms in total. The van der Waals surface area contributed by atoms with Crippen molar-refractivity contribution in [1.29, 1.82) is 0 Å². The van der Waals surface area contributed by atoms with Gasteiger partial charge in [0.25, 0.3) is 17.4 Å². The van der Waals surface area contributed by atoms with Gasteiger partial charge in [-0.3, -0.25) is 19.4 Å². The summed E-state index contributed by atoms with van der Waals surface area (Å²) in [5, 5.41) is 15.4. The highest BCUT2D eigenvalue weighted by Crippen LogP contribution is 2.20. The molecule has 3 aromatic rings. The Morgan fingerprint density at radius 1 is 1.18 bits per heavy atom. The maximum atomic E-state index is 13.1. The average molecular weight is 469 g/mol. The molecule has 0 saturated carbocycles. The third kappa shape index (κ3) is 5.44. The summed E-state index contributed by atoms with van der Waals surface area (Å²) in [6, 6.07) is 8.86. The van der Waals surface area contributed by atoms with Gasteiger partial charge in [-0.25, -0.2) is 9.37 Å². The van der Waals surface area contributed by atoms with Crippen LogP contribution in [0.5, 0.6) is 5.75 Å². The standard InChI is InChI=1S/C23H24FN5O5/c1-13-5-4-10-25-16(13)20(32)29-23(2,12-34-3)22-27-17(18(30)21(33)28-22)19(31)26-11-14-6-8-15(24)9-7-14/h4-10,30H,11-12H2,1-3H3,(H,26,31)(H,29,32)(H,27,28,33). The molecule has 3 rings (SSSR count). The van der Waals surface area contributed by atoms with Crippen molar-refractivity contribution in [2.45, 2.75) is 25.9 Å². The third-order valence-corrected chi connectivity index (χ3v) is 5.05. The van der Waals surface area contributed by atoms with E-state index in [0.717, 1.165) is 0 Å². The van der Waals surface area contributed by atoms with Crippen LogP contribution in [0.2, 0.25) is 0 Å². The normalized spacial score (nSPS) is 12.6. The monoisotopic (exact) mass is 469 g/mol. The predicted octanol–water partition coefficient (Wildman–Crippen LogP) is 1.54. The number of rotatable bonds is 8. The van der Waals surface area contributed by atoms with Gasteiger partial charge in [-0.2, -0.15) is 0 Å². The number of pyridine rings is 1. The van der Waals surface area contributed by atoms with E-state index in [1.54, 1.807) is 26.0 Å². The highest BCUT2D eigenvalue weighted by Gasteiger charge is 2.34. The van der Waals surface area contributed by atoms with Crippen molar-refractivity contribution < 1.29 is 23.8 Å². The Kier molecular flexibility index (Phi) is 7.37. The fourth-order valence-electron chi connectivity index (χ4n) is 3.24. The minimum Gasteiger partial charge on any atom is -0.501 e. The number of carbonyl (C=O) groups excluding carboxylic acids is 2. The molecule has 0 aliphatic rings. The number of ether oxygens (including phenoxy) is 1. The van der Waals surface area contributed by atoms with E-state index in [2.05, 4.69) is 25.6 Å². The van der Waals surface area contributed by atoms with Gasteiger partial charge in [0.05, 0.1) is 6.61 Å². The number of amides is 2. The van der Waals surface area contributed by atoms with Crippen LogP contribution in [0, 0.1) is 12.7 Å². The van der Waals surface area contributed by atoms with Crippen molar-refractivity contribution in [2.75, 3.05) is 13.7 Å². The molecule has 2 heterocycles. The molecule has 1 atom stereocenters. The first kappa shape index (κ1) is 24.5. The molecule has 0 aliphatic carbocycles. The number of aromatic amines is 1. The Morgan fingerprint density at radius 2 is 1.88 bits per heavy atom. The second-order valence-electron chi connectivity index (χ2n) is 7.81. The summed E-state index contributed by atoms with van der Waals surface area (Å²) in [6.45, 7) is 3.16. The van der Waals surface area contributed by atoms with Crippen LogP contribution in [-0.2, 0) is 16.8 Å². The molecule has 178 valence electrons. The van der Waals surface area contributed by atoms with E-state index in [1.807, 2.05) is 0 Å². The second kappa shape index (κ2) is 10.2. The zero-order valence-corrected chi connectivity index (χ0v) is 18.8. The smallest absolute Gasteiger partial charge is 0.294 e. The quantitative estimate of drug-likeness (QED) is 0.391. The van der Waals surface area contributed by atoms with Crippen LogP contribution in [0.1, 0.15) is 44.9 Å². The SMILES string of the molecule is COCC(C)(NC(=O)c1ncccc1C)c1nc(C(=O)NCc2ccc(F)cc2)c(O)c(=O)[nH]1. The van der Waals surface area contributed by atoms with Crippen LogP contribution in [0.25, 0.3) is 0 Å². The molecular formula is C23H24FN5O5. The van der Waals surface area contributed by atoms with Crippen molar-refractivity contribution in [3.63, 3.8) is 0 Å². The molecule has 1 unspecified atom stereocenters. The van der Waals surface area contributed by atoms with E-state index in [4.69, 9.17) is 4.74 Å². The van der Waals surface area contributed by atoms with E-state index >= 15 is 0 Å². The fraction of sp³-hybridized carbons (Fsp3) is 0.261. The molecule has 2 amide bonds. The summed E-state index contributed by atoms with van der Waals surface area (Å²) in [6.07, 6.45) is 1.47. The van der Waals surface area contributed by atoms with Crippen LogP contribution in [0.15, 0.2) is 47.4 Å². The van der Waals surface area contributed by atoms with Gasteiger partial charge in [0.15, 0.2) is 5.69 Å². The van der Waals surface area contributed by atoms with Crippen molar-refractivity contribution in [3.05, 3.63) is 87.1 Å². The molecule has 0 spiro atoms. The van der Waals surface area contributed by atoms with Gasteiger partial charge >= 0.3 is 0 Å². The molecule has 0 saturated heterocycles. The first-order chi connectivity index (χ1) is 16.1. The number of aromatic hydroxyl groups is 1. The topological polar surface area (TPSA) is 146 Å². The van der Waals surface area contributed by atoms with Crippen LogP contribution in [-0.4, -0.2) is 45.6 Å². The molecule has 0 fully saturated rings. The lowest BCUT2D eigenvalue weighted by molar-refractivity contribution is 0.0761. The number of hydrogen-bond acceptors (Lipinski definition) is 7. The number of aromatic nitrogens is 3. The van der Waals surface area contributed by atoms with Gasteiger partial charge in [-0.05, 0) is 43.2 Å². The summed E-state index contributed by atoms with van der Waals surface area (Å²) in [5.41, 5.74) is -1.49. The molecule has 0 radical (unpaired) electrons. The van der Waals surface area contributed by atoms with E-state index in [-0.39, 0.29) is 24.7 Å². The van der Waals surface area contributed by atoms with E-state index < -0.39 is 40.2 Å². The zero-order valence-electron chi connectivity index (χ0n) is 18.8. The largest absolute Gasteiger partial charge is 0.501 e. The lowest BCUT2D eigenvalue weighted by atomic mass is 10.0.